The molecule has 0 atom stereocenters. The van der Waals surface area contributed by atoms with Gasteiger partial charge in [-0.25, -0.2) is 0 Å². The first-order valence-electron chi connectivity index (χ1n) is 9.62. The van der Waals surface area contributed by atoms with Crippen LogP contribution in [0.3, 0.4) is 0 Å². The Balaban J connectivity index is 1.59. The molecule has 0 spiro atoms. The van der Waals surface area contributed by atoms with Crippen LogP contribution < -0.4 is 4.90 Å². The van der Waals surface area contributed by atoms with Crippen molar-refractivity contribution in [3.8, 4) is 0 Å². The fourth-order valence-corrected chi connectivity index (χ4v) is 3.74. The van der Waals surface area contributed by atoms with Crippen molar-refractivity contribution in [3.05, 3.63) is 29.3 Å². The number of aryl methyl sites for hydroxylation is 1. The van der Waals surface area contributed by atoms with Gasteiger partial charge < -0.3 is 14.7 Å². The number of anilines is 1. The van der Waals surface area contributed by atoms with Crippen molar-refractivity contribution < 1.29 is 14.4 Å². The van der Waals surface area contributed by atoms with Gasteiger partial charge in [0.15, 0.2) is 0 Å². The predicted octanol–water partition coefficient (Wildman–Crippen LogP) is 1.85. The molecule has 0 N–H and O–H groups in total. The molecular weight excluding hydrogens is 342 g/mol. The van der Waals surface area contributed by atoms with Crippen molar-refractivity contribution in [2.24, 2.45) is 5.41 Å². The summed E-state index contributed by atoms with van der Waals surface area (Å²) < 4.78 is 0. The highest BCUT2D eigenvalue weighted by atomic mass is 16.2. The van der Waals surface area contributed by atoms with Crippen molar-refractivity contribution in [3.63, 3.8) is 0 Å². The van der Waals surface area contributed by atoms with Crippen LogP contribution in [-0.2, 0) is 27.2 Å². The fourth-order valence-electron chi connectivity index (χ4n) is 3.74. The molecule has 2 aliphatic rings. The van der Waals surface area contributed by atoms with Crippen LogP contribution >= 0.6 is 0 Å². The third-order valence-electron chi connectivity index (χ3n) is 5.40. The molecule has 0 aromatic heterocycles. The third kappa shape index (κ3) is 4.15. The van der Waals surface area contributed by atoms with Gasteiger partial charge in [0.1, 0.15) is 0 Å². The Morgan fingerprint density at radius 2 is 1.63 bits per heavy atom. The molecule has 1 fully saturated rings. The topological polar surface area (TPSA) is 60.9 Å². The molecule has 1 saturated heterocycles. The summed E-state index contributed by atoms with van der Waals surface area (Å²) in [7, 11) is 1.80. The smallest absolute Gasteiger partial charge is 0.228 e. The number of fused-ring (bicyclic) bond motifs is 1. The van der Waals surface area contributed by atoms with Gasteiger partial charge in [-0.15, -0.1) is 0 Å². The lowest BCUT2D eigenvalue weighted by Gasteiger charge is -2.37. The molecule has 3 amide bonds. The van der Waals surface area contributed by atoms with Crippen molar-refractivity contribution in [2.75, 3.05) is 38.1 Å². The summed E-state index contributed by atoms with van der Waals surface area (Å²) in [5.74, 6) is 0.370. The molecule has 6 heteroatoms. The second-order valence-electron chi connectivity index (χ2n) is 8.52. The number of carbonyl (C=O) groups is 3. The summed E-state index contributed by atoms with van der Waals surface area (Å²) in [6, 6.07) is 5.93. The zero-order valence-corrected chi connectivity index (χ0v) is 16.7. The molecule has 2 heterocycles. The quantitative estimate of drug-likeness (QED) is 0.797. The van der Waals surface area contributed by atoms with E-state index in [-0.39, 0.29) is 23.1 Å². The average Bonchev–Trinajstić information content (AvgIpc) is 2.63. The number of piperazine rings is 1. The molecule has 0 bridgehead atoms. The molecule has 27 heavy (non-hydrogen) atoms. The van der Waals surface area contributed by atoms with Gasteiger partial charge in [-0.2, -0.15) is 0 Å². The first-order valence-corrected chi connectivity index (χ1v) is 9.62. The van der Waals surface area contributed by atoms with E-state index < -0.39 is 0 Å². The average molecular weight is 371 g/mol. The first kappa shape index (κ1) is 19.4. The molecule has 3 rings (SSSR count). The number of hydrogen-bond donors (Lipinski definition) is 0. The summed E-state index contributed by atoms with van der Waals surface area (Å²) in [6.45, 7) is 8.14. The number of carbonyl (C=O) groups excluding carboxylic acids is 3. The Labute approximate surface area is 161 Å². The van der Waals surface area contributed by atoms with Gasteiger partial charge in [-0.1, -0.05) is 32.9 Å². The Kier molecular flexibility index (Phi) is 5.27. The van der Waals surface area contributed by atoms with Gasteiger partial charge in [-0.05, 0) is 23.6 Å². The Bertz CT molecular complexity index is 758. The highest BCUT2D eigenvalue weighted by Crippen LogP contribution is 2.28. The van der Waals surface area contributed by atoms with E-state index in [2.05, 4.69) is 6.07 Å². The minimum atomic E-state index is -0.385. The maximum Gasteiger partial charge on any atom is 0.228 e. The van der Waals surface area contributed by atoms with Crippen molar-refractivity contribution in [2.45, 2.75) is 40.0 Å². The molecule has 1 aromatic carbocycles. The van der Waals surface area contributed by atoms with Crippen LogP contribution in [-0.4, -0.2) is 60.7 Å². The van der Waals surface area contributed by atoms with Crippen molar-refractivity contribution in [1.82, 2.24) is 9.80 Å². The number of hydrogen-bond acceptors (Lipinski definition) is 3. The van der Waals surface area contributed by atoms with E-state index in [0.29, 0.717) is 39.0 Å². The summed E-state index contributed by atoms with van der Waals surface area (Å²) in [6.07, 6.45) is 1.61. The Hall–Kier alpha value is -2.37. The van der Waals surface area contributed by atoms with E-state index in [9.17, 15) is 14.4 Å². The molecule has 6 nitrogen and oxygen atoms in total. The Morgan fingerprint density at radius 1 is 1.00 bits per heavy atom. The fraction of sp³-hybridized carbons (Fsp3) is 0.571. The molecular formula is C21H29N3O3. The zero-order valence-electron chi connectivity index (χ0n) is 16.7. The minimum absolute atomic E-state index is 0.0954. The van der Waals surface area contributed by atoms with Gasteiger partial charge in [0.05, 0.1) is 6.42 Å². The molecule has 0 aliphatic carbocycles. The summed E-state index contributed by atoms with van der Waals surface area (Å²) in [5, 5.41) is 0. The summed E-state index contributed by atoms with van der Waals surface area (Å²) >= 11 is 0. The maximum absolute atomic E-state index is 12.7. The van der Waals surface area contributed by atoms with Crippen LogP contribution in [0, 0.1) is 5.41 Å². The molecule has 0 saturated carbocycles. The SMILES string of the molecule is CN1C(=O)CCc2cc(CC(=O)N3CCN(C(=O)C(C)(C)C)CC3)ccc21. The second kappa shape index (κ2) is 7.33. The molecule has 0 unspecified atom stereocenters. The zero-order chi connectivity index (χ0) is 19.8. The van der Waals surface area contributed by atoms with E-state index in [1.54, 1.807) is 11.9 Å². The Morgan fingerprint density at radius 3 is 2.26 bits per heavy atom. The molecule has 0 radical (unpaired) electrons. The van der Waals surface area contributed by atoms with Gasteiger partial charge in [0.25, 0.3) is 0 Å². The van der Waals surface area contributed by atoms with E-state index in [1.807, 2.05) is 42.7 Å². The summed E-state index contributed by atoms with van der Waals surface area (Å²) in [5.41, 5.74) is 2.67. The van der Waals surface area contributed by atoms with Gasteiger partial charge >= 0.3 is 0 Å². The van der Waals surface area contributed by atoms with Crippen LogP contribution in [0.5, 0.6) is 0 Å². The second-order valence-corrected chi connectivity index (χ2v) is 8.52. The van der Waals surface area contributed by atoms with Crippen LogP contribution in [0.1, 0.15) is 38.3 Å². The van der Waals surface area contributed by atoms with Crippen LogP contribution in [0.25, 0.3) is 0 Å². The number of benzene rings is 1. The lowest BCUT2D eigenvalue weighted by Crippen LogP contribution is -2.53. The van der Waals surface area contributed by atoms with Crippen molar-refractivity contribution in [1.29, 1.82) is 0 Å². The van der Waals surface area contributed by atoms with Gasteiger partial charge in [0, 0.05) is 50.7 Å². The van der Waals surface area contributed by atoms with Crippen LogP contribution in [0.2, 0.25) is 0 Å². The van der Waals surface area contributed by atoms with Crippen LogP contribution in [0.4, 0.5) is 5.69 Å². The number of nitrogens with zero attached hydrogens (tertiary/aromatic N) is 3. The number of amides is 3. The maximum atomic E-state index is 12.7. The largest absolute Gasteiger partial charge is 0.339 e. The van der Waals surface area contributed by atoms with E-state index >= 15 is 0 Å². The standard InChI is InChI=1S/C21H29N3O3/c1-21(2,3)20(27)24-11-9-23(10-12-24)19(26)14-15-5-7-17-16(13-15)6-8-18(25)22(17)4/h5,7,13H,6,8-12,14H2,1-4H3. The van der Waals surface area contributed by atoms with Crippen LogP contribution in [0.15, 0.2) is 18.2 Å². The summed E-state index contributed by atoms with van der Waals surface area (Å²) in [4.78, 5) is 42.2. The minimum Gasteiger partial charge on any atom is -0.339 e. The highest BCUT2D eigenvalue weighted by molar-refractivity contribution is 5.96. The number of rotatable bonds is 2. The van der Waals surface area contributed by atoms with Crippen molar-refractivity contribution >= 4 is 23.4 Å². The van der Waals surface area contributed by atoms with Gasteiger partial charge in [0.2, 0.25) is 17.7 Å². The molecule has 1 aromatic rings. The lowest BCUT2D eigenvalue weighted by molar-refractivity contribution is -0.144. The molecule has 2 aliphatic heterocycles. The van der Waals surface area contributed by atoms with Gasteiger partial charge in [-0.3, -0.25) is 14.4 Å². The first-order chi connectivity index (χ1) is 12.7. The molecule has 146 valence electrons. The lowest BCUT2D eigenvalue weighted by atomic mass is 9.94. The van der Waals surface area contributed by atoms with E-state index in [4.69, 9.17) is 0 Å². The predicted molar refractivity (Wildman–Crippen MR) is 104 cm³/mol. The van der Waals surface area contributed by atoms with E-state index in [1.165, 1.54) is 0 Å². The monoisotopic (exact) mass is 371 g/mol. The third-order valence-corrected chi connectivity index (χ3v) is 5.40. The normalized spacial score (nSPS) is 17.8. The highest BCUT2D eigenvalue weighted by Gasteiger charge is 2.31. The van der Waals surface area contributed by atoms with E-state index in [0.717, 1.165) is 23.2 Å².